The molecule has 0 rings (SSSR count). The van der Waals surface area contributed by atoms with Gasteiger partial charge in [-0.15, -0.1) is 11.8 Å². The van der Waals surface area contributed by atoms with Crippen LogP contribution >= 0.6 is 11.8 Å². The van der Waals surface area contributed by atoms with E-state index < -0.39 is 30.5 Å². The Morgan fingerprint density at radius 1 is 1.08 bits per heavy atom. The highest BCUT2D eigenvalue weighted by molar-refractivity contribution is 7.99. The van der Waals surface area contributed by atoms with E-state index in [0.717, 1.165) is 0 Å². The molecule has 9 nitrogen and oxygen atoms in total. The molecule has 0 aromatic heterocycles. The molecule has 0 aliphatic heterocycles. The molecule has 0 unspecified atom stereocenters. The smallest absolute Gasteiger partial charge is 0.245 e. The fourth-order valence-electron chi connectivity index (χ4n) is 1.58. The van der Waals surface area contributed by atoms with Crippen LogP contribution < -0.4 is 16.0 Å². The van der Waals surface area contributed by atoms with Gasteiger partial charge in [-0.1, -0.05) is 0 Å². The minimum atomic E-state index is -1.13. The highest BCUT2D eigenvalue weighted by Gasteiger charge is 2.24. The average Bonchev–Trinajstić information content (AvgIpc) is 2.46. The molecule has 4 N–H and O–H groups in total. The third kappa shape index (κ3) is 10.2. The van der Waals surface area contributed by atoms with Crippen molar-refractivity contribution >= 4 is 35.3 Å². The molecule has 0 aromatic rings. The first-order valence-corrected chi connectivity index (χ1v) is 8.50. The van der Waals surface area contributed by atoms with E-state index in [4.69, 9.17) is 0 Å². The Morgan fingerprint density at radius 2 is 1.71 bits per heavy atom. The van der Waals surface area contributed by atoms with E-state index in [0.29, 0.717) is 5.88 Å². The van der Waals surface area contributed by atoms with Crippen LogP contribution in [0.4, 0.5) is 0 Å². The fraction of sp³-hybridized carbons (Fsp3) is 0.714. The number of hydrogen-bond acceptors (Lipinski definition) is 7. The quantitative estimate of drug-likeness (QED) is 0.245. The van der Waals surface area contributed by atoms with Crippen molar-refractivity contribution in [3.8, 4) is 0 Å². The van der Waals surface area contributed by atoms with Crippen LogP contribution in [0.5, 0.6) is 0 Å². The molecule has 24 heavy (non-hydrogen) atoms. The van der Waals surface area contributed by atoms with Gasteiger partial charge < -0.3 is 26.0 Å². The molecule has 0 fully saturated rings. The van der Waals surface area contributed by atoms with E-state index in [-0.39, 0.29) is 24.0 Å². The summed E-state index contributed by atoms with van der Waals surface area (Å²) < 4.78 is 0. The summed E-state index contributed by atoms with van der Waals surface area (Å²) in [5, 5.41) is 16.8. The SMILES string of the molecule is CC(=O)NCSC[C@H](NC(=O)[C@H](CO)NC(=O)CN(C)C)C(C)=O. The molecule has 0 saturated heterocycles. The van der Waals surface area contributed by atoms with Crippen LogP contribution in [0, 0.1) is 0 Å². The minimum absolute atomic E-state index is 0.0759. The number of rotatable bonds is 11. The first-order valence-electron chi connectivity index (χ1n) is 7.35. The third-order valence-electron chi connectivity index (χ3n) is 2.81. The Kier molecular flexibility index (Phi) is 11.0. The van der Waals surface area contributed by atoms with Gasteiger partial charge >= 0.3 is 0 Å². The Labute approximate surface area is 145 Å². The molecule has 0 heterocycles. The zero-order valence-electron chi connectivity index (χ0n) is 14.4. The lowest BCUT2D eigenvalue weighted by Gasteiger charge is -2.21. The molecule has 0 aromatic carbocycles. The number of hydrogen-bond donors (Lipinski definition) is 4. The van der Waals surface area contributed by atoms with Gasteiger partial charge in [-0.3, -0.25) is 19.2 Å². The van der Waals surface area contributed by atoms with Crippen LogP contribution in [-0.2, 0) is 19.2 Å². The lowest BCUT2D eigenvalue weighted by atomic mass is 10.2. The number of likely N-dealkylation sites (N-methyl/N-ethyl adjacent to an activating group) is 1. The van der Waals surface area contributed by atoms with Crippen molar-refractivity contribution in [1.29, 1.82) is 0 Å². The van der Waals surface area contributed by atoms with Gasteiger partial charge in [0.2, 0.25) is 17.7 Å². The molecule has 0 spiro atoms. The van der Waals surface area contributed by atoms with Crippen molar-refractivity contribution in [2.24, 2.45) is 0 Å². The Bertz CT molecular complexity index is 458. The summed E-state index contributed by atoms with van der Waals surface area (Å²) in [5.74, 6) is -0.897. The Hall–Kier alpha value is -1.65. The first-order chi connectivity index (χ1) is 11.2. The number of nitrogens with one attached hydrogen (secondary N) is 3. The molecule has 10 heteroatoms. The first kappa shape index (κ1) is 22.4. The zero-order valence-corrected chi connectivity index (χ0v) is 15.2. The molecular formula is C14H26N4O5S. The summed E-state index contributed by atoms with van der Waals surface area (Å²) >= 11 is 1.28. The maximum Gasteiger partial charge on any atom is 0.245 e. The lowest BCUT2D eigenvalue weighted by molar-refractivity contribution is -0.132. The lowest BCUT2D eigenvalue weighted by Crippen LogP contribution is -2.54. The largest absolute Gasteiger partial charge is 0.394 e. The zero-order chi connectivity index (χ0) is 18.7. The molecule has 0 aliphatic rings. The second-order valence-corrected chi connectivity index (χ2v) is 6.49. The van der Waals surface area contributed by atoms with Gasteiger partial charge in [0.05, 0.1) is 25.1 Å². The monoisotopic (exact) mass is 362 g/mol. The molecular weight excluding hydrogens is 336 g/mol. The Balaban J connectivity index is 4.52. The van der Waals surface area contributed by atoms with E-state index in [9.17, 15) is 24.3 Å². The maximum absolute atomic E-state index is 12.1. The van der Waals surface area contributed by atoms with Crippen LogP contribution in [0.3, 0.4) is 0 Å². The molecule has 2 atom stereocenters. The number of nitrogens with zero attached hydrogens (tertiary/aromatic N) is 1. The van der Waals surface area contributed by atoms with E-state index in [2.05, 4.69) is 16.0 Å². The number of thioether (sulfide) groups is 1. The predicted octanol–water partition coefficient (Wildman–Crippen LogP) is -2.07. The standard InChI is InChI=1S/C14H26N4O5S/c1-9(20)12(7-24-8-15-10(2)21)17-14(23)11(6-19)16-13(22)5-18(3)4/h11-12,19H,5-8H2,1-4H3,(H,15,21)(H,16,22)(H,17,23)/t11-,12-/m0/s1. The number of aliphatic hydroxyl groups excluding tert-OH is 1. The van der Waals surface area contributed by atoms with E-state index in [1.807, 2.05) is 0 Å². The van der Waals surface area contributed by atoms with Crippen molar-refractivity contribution < 1.29 is 24.3 Å². The highest BCUT2D eigenvalue weighted by Crippen LogP contribution is 2.03. The molecule has 0 saturated carbocycles. The maximum atomic E-state index is 12.1. The van der Waals surface area contributed by atoms with Gasteiger partial charge in [-0.25, -0.2) is 0 Å². The molecule has 138 valence electrons. The Morgan fingerprint density at radius 3 is 2.17 bits per heavy atom. The highest BCUT2D eigenvalue weighted by atomic mass is 32.2. The second-order valence-electron chi connectivity index (χ2n) is 5.46. The summed E-state index contributed by atoms with van der Waals surface area (Å²) in [7, 11) is 3.40. The average molecular weight is 362 g/mol. The molecule has 0 bridgehead atoms. The summed E-state index contributed by atoms with van der Waals surface area (Å²) in [5.41, 5.74) is 0. The van der Waals surface area contributed by atoms with Crippen molar-refractivity contribution in [2.45, 2.75) is 25.9 Å². The summed E-state index contributed by atoms with van der Waals surface area (Å²) in [6.45, 7) is 2.22. The van der Waals surface area contributed by atoms with Crippen molar-refractivity contribution in [1.82, 2.24) is 20.9 Å². The molecule has 3 amide bonds. The van der Waals surface area contributed by atoms with E-state index >= 15 is 0 Å². The minimum Gasteiger partial charge on any atom is -0.394 e. The number of carbonyl (C=O) groups is 4. The van der Waals surface area contributed by atoms with Gasteiger partial charge in [-0.2, -0.15) is 0 Å². The molecule has 0 radical (unpaired) electrons. The molecule has 0 aliphatic carbocycles. The summed E-state index contributed by atoms with van der Waals surface area (Å²) in [4.78, 5) is 47.8. The summed E-state index contributed by atoms with van der Waals surface area (Å²) in [6, 6.07) is -1.89. The van der Waals surface area contributed by atoms with Crippen molar-refractivity contribution in [2.75, 3.05) is 38.9 Å². The third-order valence-corrected chi connectivity index (χ3v) is 3.73. The van der Waals surface area contributed by atoms with E-state index in [1.165, 1.54) is 25.6 Å². The van der Waals surface area contributed by atoms with Gasteiger partial charge in [0.15, 0.2) is 5.78 Å². The second kappa shape index (κ2) is 11.8. The number of amides is 3. The van der Waals surface area contributed by atoms with Crippen LogP contribution in [-0.4, -0.2) is 84.5 Å². The number of Topliss-reactive ketones (excluding diaryl/α,β-unsaturated/α-hetero) is 1. The van der Waals surface area contributed by atoms with Crippen LogP contribution in [0.15, 0.2) is 0 Å². The van der Waals surface area contributed by atoms with Crippen LogP contribution in [0.25, 0.3) is 0 Å². The van der Waals surface area contributed by atoms with Crippen LogP contribution in [0.1, 0.15) is 13.8 Å². The summed E-state index contributed by atoms with van der Waals surface area (Å²) in [6.07, 6.45) is 0. The number of carbonyl (C=O) groups excluding carboxylic acids is 4. The van der Waals surface area contributed by atoms with Crippen molar-refractivity contribution in [3.05, 3.63) is 0 Å². The number of ketones is 1. The topological polar surface area (TPSA) is 128 Å². The normalized spacial score (nSPS) is 13.1. The van der Waals surface area contributed by atoms with Crippen LogP contribution in [0.2, 0.25) is 0 Å². The van der Waals surface area contributed by atoms with Gasteiger partial charge in [0.1, 0.15) is 6.04 Å². The van der Waals surface area contributed by atoms with E-state index in [1.54, 1.807) is 19.0 Å². The van der Waals surface area contributed by atoms with Gasteiger partial charge in [0.25, 0.3) is 0 Å². The fourth-order valence-corrected chi connectivity index (χ4v) is 2.56. The number of aliphatic hydroxyl groups is 1. The van der Waals surface area contributed by atoms with Gasteiger partial charge in [-0.05, 0) is 21.0 Å². The van der Waals surface area contributed by atoms with Crippen molar-refractivity contribution in [3.63, 3.8) is 0 Å². The predicted molar refractivity (Wildman–Crippen MR) is 91.3 cm³/mol. The van der Waals surface area contributed by atoms with Gasteiger partial charge in [0, 0.05) is 12.7 Å².